The molecule has 0 radical (unpaired) electrons. The normalized spacial score (nSPS) is 24.1. The zero-order valence-corrected chi connectivity index (χ0v) is 11.6. The molecule has 0 N–H and O–H groups in total. The molecule has 19 heavy (non-hydrogen) atoms. The van der Waals surface area contributed by atoms with Crippen molar-refractivity contribution in [3.05, 3.63) is 35.4 Å². The van der Waals surface area contributed by atoms with E-state index in [4.69, 9.17) is 4.84 Å². The van der Waals surface area contributed by atoms with E-state index in [1.165, 1.54) is 43.5 Å². The van der Waals surface area contributed by atoms with E-state index in [1.807, 2.05) is 0 Å². The summed E-state index contributed by atoms with van der Waals surface area (Å²) in [6.07, 6.45) is 5.23. The molecule has 3 rings (SSSR count). The molecule has 1 unspecified atom stereocenters. The molecule has 2 aliphatic heterocycles. The highest BCUT2D eigenvalue weighted by molar-refractivity contribution is 6.01. The number of hydrogen-bond acceptors (Lipinski definition) is 3. The van der Waals surface area contributed by atoms with Crippen LogP contribution in [0.5, 0.6) is 0 Å². The van der Waals surface area contributed by atoms with Crippen LogP contribution in [0.2, 0.25) is 0 Å². The van der Waals surface area contributed by atoms with Crippen LogP contribution in [0.4, 0.5) is 0 Å². The molecular weight excluding hydrogens is 236 g/mol. The van der Waals surface area contributed by atoms with E-state index in [2.05, 4.69) is 41.2 Å². The third kappa shape index (κ3) is 3.16. The van der Waals surface area contributed by atoms with Crippen LogP contribution in [0.25, 0.3) is 0 Å². The number of aryl methyl sites for hydroxylation is 1. The molecule has 1 aromatic rings. The number of piperidine rings is 1. The van der Waals surface area contributed by atoms with Crippen LogP contribution >= 0.6 is 0 Å². The van der Waals surface area contributed by atoms with Gasteiger partial charge in [-0.1, -0.05) is 41.4 Å². The number of nitrogens with zero attached hydrogens (tertiary/aromatic N) is 2. The average Bonchev–Trinajstić information content (AvgIpc) is 2.89. The van der Waals surface area contributed by atoms with Crippen molar-refractivity contribution in [2.24, 2.45) is 5.16 Å². The summed E-state index contributed by atoms with van der Waals surface area (Å²) in [4.78, 5) is 8.11. The summed E-state index contributed by atoms with van der Waals surface area (Å²) in [6.45, 7) is 5.58. The highest BCUT2D eigenvalue weighted by Crippen LogP contribution is 2.19. The number of hydrogen-bond donors (Lipinski definition) is 0. The number of benzene rings is 1. The predicted molar refractivity (Wildman–Crippen MR) is 77.5 cm³/mol. The van der Waals surface area contributed by atoms with Gasteiger partial charge in [0.2, 0.25) is 0 Å². The summed E-state index contributed by atoms with van der Waals surface area (Å²) in [5, 5.41) is 4.27. The smallest absolute Gasteiger partial charge is 0.145 e. The third-order valence-corrected chi connectivity index (χ3v) is 4.03. The molecule has 2 aliphatic rings. The second-order valence-electron chi connectivity index (χ2n) is 5.70. The molecule has 1 aromatic carbocycles. The Morgan fingerprint density at radius 1 is 1.16 bits per heavy atom. The highest BCUT2D eigenvalue weighted by Gasteiger charge is 2.25. The molecule has 0 amide bonds. The largest absolute Gasteiger partial charge is 0.390 e. The van der Waals surface area contributed by atoms with Crippen LogP contribution < -0.4 is 0 Å². The SMILES string of the molecule is Cc1ccc(C2=NOC(CN3CCCCC3)C2)cc1. The Balaban J connectivity index is 1.55. The van der Waals surface area contributed by atoms with Crippen molar-refractivity contribution in [3.8, 4) is 0 Å². The minimum atomic E-state index is 0.245. The topological polar surface area (TPSA) is 24.8 Å². The minimum Gasteiger partial charge on any atom is -0.390 e. The van der Waals surface area contributed by atoms with E-state index < -0.39 is 0 Å². The van der Waals surface area contributed by atoms with E-state index in [1.54, 1.807) is 0 Å². The Morgan fingerprint density at radius 2 is 1.89 bits per heavy atom. The lowest BCUT2D eigenvalue weighted by atomic mass is 10.0. The van der Waals surface area contributed by atoms with Gasteiger partial charge in [-0.15, -0.1) is 0 Å². The first-order valence-corrected chi connectivity index (χ1v) is 7.33. The van der Waals surface area contributed by atoms with E-state index in [0.29, 0.717) is 0 Å². The molecule has 0 saturated carbocycles. The molecule has 0 aromatic heterocycles. The van der Waals surface area contributed by atoms with E-state index in [0.717, 1.165) is 18.7 Å². The Bertz CT molecular complexity index is 446. The van der Waals surface area contributed by atoms with Gasteiger partial charge in [0.15, 0.2) is 0 Å². The fraction of sp³-hybridized carbons (Fsp3) is 0.562. The zero-order chi connectivity index (χ0) is 13.1. The van der Waals surface area contributed by atoms with Crippen LogP contribution in [0.1, 0.15) is 36.8 Å². The first-order valence-electron chi connectivity index (χ1n) is 7.33. The molecular formula is C16H22N2O. The van der Waals surface area contributed by atoms with Crippen molar-refractivity contribution < 1.29 is 4.84 Å². The fourth-order valence-corrected chi connectivity index (χ4v) is 2.87. The highest BCUT2D eigenvalue weighted by atomic mass is 16.6. The van der Waals surface area contributed by atoms with Crippen molar-refractivity contribution in [1.82, 2.24) is 4.90 Å². The van der Waals surface area contributed by atoms with Gasteiger partial charge in [0.1, 0.15) is 6.10 Å². The summed E-state index contributed by atoms with van der Waals surface area (Å²) in [7, 11) is 0. The van der Waals surface area contributed by atoms with Crippen LogP contribution in [0.15, 0.2) is 29.4 Å². The summed E-state index contributed by atoms with van der Waals surface area (Å²) < 4.78 is 0. The minimum absolute atomic E-state index is 0.245. The van der Waals surface area contributed by atoms with Crippen molar-refractivity contribution in [2.75, 3.05) is 19.6 Å². The monoisotopic (exact) mass is 258 g/mol. The molecule has 1 fully saturated rings. The predicted octanol–water partition coefficient (Wildman–Crippen LogP) is 2.97. The quantitative estimate of drug-likeness (QED) is 0.832. The van der Waals surface area contributed by atoms with Crippen molar-refractivity contribution in [2.45, 2.75) is 38.7 Å². The van der Waals surface area contributed by atoms with Crippen molar-refractivity contribution in [1.29, 1.82) is 0 Å². The molecule has 3 heteroatoms. The summed E-state index contributed by atoms with van der Waals surface area (Å²) in [6, 6.07) is 8.55. The Labute approximate surface area is 115 Å². The lowest BCUT2D eigenvalue weighted by molar-refractivity contribution is 0.0473. The van der Waals surface area contributed by atoms with E-state index >= 15 is 0 Å². The van der Waals surface area contributed by atoms with Gasteiger partial charge in [0.05, 0.1) is 5.71 Å². The van der Waals surface area contributed by atoms with Crippen molar-refractivity contribution >= 4 is 5.71 Å². The van der Waals surface area contributed by atoms with Gasteiger partial charge in [-0.05, 0) is 38.4 Å². The molecule has 1 atom stereocenters. The van der Waals surface area contributed by atoms with Crippen LogP contribution in [0.3, 0.4) is 0 Å². The Kier molecular flexibility index (Phi) is 3.83. The van der Waals surface area contributed by atoms with Gasteiger partial charge in [-0.25, -0.2) is 0 Å². The van der Waals surface area contributed by atoms with Crippen LogP contribution in [-0.4, -0.2) is 36.3 Å². The zero-order valence-electron chi connectivity index (χ0n) is 11.6. The van der Waals surface area contributed by atoms with Gasteiger partial charge in [0.25, 0.3) is 0 Å². The molecule has 0 spiro atoms. The van der Waals surface area contributed by atoms with E-state index in [9.17, 15) is 0 Å². The summed E-state index contributed by atoms with van der Waals surface area (Å²) >= 11 is 0. The third-order valence-electron chi connectivity index (χ3n) is 4.03. The molecule has 0 bridgehead atoms. The second kappa shape index (κ2) is 5.74. The van der Waals surface area contributed by atoms with Crippen molar-refractivity contribution in [3.63, 3.8) is 0 Å². The van der Waals surface area contributed by atoms with E-state index in [-0.39, 0.29) is 6.10 Å². The number of oxime groups is 1. The summed E-state index contributed by atoms with van der Waals surface area (Å²) in [5.41, 5.74) is 3.59. The number of rotatable bonds is 3. The maximum atomic E-state index is 5.60. The molecule has 0 aliphatic carbocycles. The van der Waals surface area contributed by atoms with Crippen LogP contribution in [0, 0.1) is 6.92 Å². The van der Waals surface area contributed by atoms with Gasteiger partial charge < -0.3 is 4.84 Å². The lowest BCUT2D eigenvalue weighted by Gasteiger charge is -2.27. The maximum Gasteiger partial charge on any atom is 0.145 e. The first kappa shape index (κ1) is 12.7. The molecule has 2 heterocycles. The Morgan fingerprint density at radius 3 is 2.63 bits per heavy atom. The number of likely N-dealkylation sites (tertiary alicyclic amines) is 1. The lowest BCUT2D eigenvalue weighted by Crippen LogP contribution is -2.36. The van der Waals surface area contributed by atoms with Gasteiger partial charge in [-0.3, -0.25) is 4.90 Å². The standard InChI is InChI=1S/C16H22N2O/c1-13-5-7-14(8-6-13)16-11-15(19-17-16)12-18-9-3-2-4-10-18/h5-8,15H,2-4,9-12H2,1H3. The van der Waals surface area contributed by atoms with Crippen LogP contribution in [-0.2, 0) is 4.84 Å². The van der Waals surface area contributed by atoms with Gasteiger partial charge in [-0.2, -0.15) is 0 Å². The molecule has 3 nitrogen and oxygen atoms in total. The first-order chi connectivity index (χ1) is 9.31. The maximum absolute atomic E-state index is 5.60. The summed E-state index contributed by atoms with van der Waals surface area (Å²) in [5.74, 6) is 0. The average molecular weight is 258 g/mol. The Hall–Kier alpha value is -1.35. The fourth-order valence-electron chi connectivity index (χ4n) is 2.87. The molecule has 1 saturated heterocycles. The van der Waals surface area contributed by atoms with Gasteiger partial charge in [0, 0.05) is 13.0 Å². The van der Waals surface area contributed by atoms with Gasteiger partial charge >= 0.3 is 0 Å². The molecule has 102 valence electrons. The second-order valence-corrected chi connectivity index (χ2v) is 5.70.